The molecule has 0 spiro atoms. The van der Waals surface area contributed by atoms with E-state index in [1.807, 2.05) is 20.8 Å². The Hall–Kier alpha value is -2.11. The van der Waals surface area contributed by atoms with Crippen molar-refractivity contribution in [3.05, 3.63) is 18.3 Å². The Kier molecular flexibility index (Phi) is 5.23. The normalized spacial score (nSPS) is 18.4. The van der Waals surface area contributed by atoms with Gasteiger partial charge in [-0.1, -0.05) is 20.8 Å². The lowest BCUT2D eigenvalue weighted by molar-refractivity contribution is -0.142. The number of methoxy groups -OCH3 is 1. The number of aromatic nitrogens is 1. The molecule has 2 heterocycles. The van der Waals surface area contributed by atoms with E-state index < -0.39 is 5.41 Å². The SMILES string of the molecule is COc1cccnc1NC(=O)[C@@H]1CCCN(C(=O)C(C)(C)C)C1. The molecule has 6 heteroatoms. The molecule has 1 aromatic heterocycles. The van der Waals surface area contributed by atoms with Gasteiger partial charge in [-0.2, -0.15) is 0 Å². The van der Waals surface area contributed by atoms with Gasteiger partial charge in [0.05, 0.1) is 13.0 Å². The maximum absolute atomic E-state index is 12.5. The van der Waals surface area contributed by atoms with Crippen molar-refractivity contribution in [1.82, 2.24) is 9.88 Å². The summed E-state index contributed by atoms with van der Waals surface area (Å²) in [6.45, 7) is 6.87. The van der Waals surface area contributed by atoms with Crippen LogP contribution >= 0.6 is 0 Å². The maximum Gasteiger partial charge on any atom is 0.230 e. The standard InChI is InChI=1S/C17H25N3O3/c1-17(2,3)16(22)20-10-6-7-12(11-20)15(21)19-14-13(23-4)8-5-9-18-14/h5,8-9,12H,6-7,10-11H2,1-4H3,(H,18,19,21)/t12-/m1/s1. The molecule has 0 unspecified atom stereocenters. The third-order valence-corrected chi connectivity index (χ3v) is 3.95. The van der Waals surface area contributed by atoms with Gasteiger partial charge in [-0.05, 0) is 25.0 Å². The Balaban J connectivity index is 2.03. The molecule has 0 aliphatic carbocycles. The molecule has 23 heavy (non-hydrogen) atoms. The molecule has 1 aromatic rings. The van der Waals surface area contributed by atoms with Crippen LogP contribution in [0.15, 0.2) is 18.3 Å². The van der Waals surface area contributed by atoms with E-state index in [1.165, 1.54) is 7.11 Å². The summed E-state index contributed by atoms with van der Waals surface area (Å²) in [5.74, 6) is 0.694. The first-order chi connectivity index (χ1) is 10.8. The van der Waals surface area contributed by atoms with Gasteiger partial charge >= 0.3 is 0 Å². The monoisotopic (exact) mass is 319 g/mol. The Bertz CT molecular complexity index is 581. The number of carbonyl (C=O) groups is 2. The summed E-state index contributed by atoms with van der Waals surface area (Å²) in [6.07, 6.45) is 3.21. The Morgan fingerprint density at radius 2 is 2.13 bits per heavy atom. The summed E-state index contributed by atoms with van der Waals surface area (Å²) >= 11 is 0. The van der Waals surface area contributed by atoms with Gasteiger partial charge in [-0.15, -0.1) is 0 Å². The van der Waals surface area contributed by atoms with Crippen LogP contribution in [0.25, 0.3) is 0 Å². The van der Waals surface area contributed by atoms with E-state index in [1.54, 1.807) is 23.2 Å². The molecule has 1 atom stereocenters. The average Bonchev–Trinajstić information content (AvgIpc) is 2.54. The van der Waals surface area contributed by atoms with Crippen molar-refractivity contribution in [2.45, 2.75) is 33.6 Å². The summed E-state index contributed by atoms with van der Waals surface area (Å²) in [6, 6.07) is 3.50. The second kappa shape index (κ2) is 6.98. The van der Waals surface area contributed by atoms with Gasteiger partial charge in [0.1, 0.15) is 0 Å². The fraction of sp³-hybridized carbons (Fsp3) is 0.588. The minimum Gasteiger partial charge on any atom is -0.493 e. The third kappa shape index (κ3) is 4.21. The topological polar surface area (TPSA) is 71.5 Å². The molecule has 1 aliphatic heterocycles. The highest BCUT2D eigenvalue weighted by Crippen LogP contribution is 2.26. The van der Waals surface area contributed by atoms with Gasteiger partial charge in [0.15, 0.2) is 11.6 Å². The van der Waals surface area contributed by atoms with Crippen LogP contribution in [0, 0.1) is 11.3 Å². The summed E-state index contributed by atoms with van der Waals surface area (Å²) < 4.78 is 5.20. The van der Waals surface area contributed by atoms with Crippen molar-refractivity contribution in [1.29, 1.82) is 0 Å². The van der Waals surface area contributed by atoms with E-state index in [4.69, 9.17) is 4.74 Å². The van der Waals surface area contributed by atoms with Crippen LogP contribution in [0.4, 0.5) is 5.82 Å². The first-order valence-corrected chi connectivity index (χ1v) is 7.92. The van der Waals surface area contributed by atoms with Crippen LogP contribution in [0.2, 0.25) is 0 Å². The number of likely N-dealkylation sites (tertiary alicyclic amines) is 1. The van der Waals surface area contributed by atoms with E-state index >= 15 is 0 Å². The molecule has 6 nitrogen and oxygen atoms in total. The van der Waals surface area contributed by atoms with Gasteiger partial charge < -0.3 is 15.0 Å². The quantitative estimate of drug-likeness (QED) is 0.928. The van der Waals surface area contributed by atoms with Crippen LogP contribution in [0.3, 0.4) is 0 Å². The molecule has 1 aliphatic rings. The van der Waals surface area contributed by atoms with Crippen molar-refractivity contribution in [3.63, 3.8) is 0 Å². The van der Waals surface area contributed by atoms with E-state index in [9.17, 15) is 9.59 Å². The number of anilines is 1. The van der Waals surface area contributed by atoms with Crippen molar-refractivity contribution >= 4 is 17.6 Å². The zero-order valence-electron chi connectivity index (χ0n) is 14.3. The molecule has 1 saturated heterocycles. The summed E-state index contributed by atoms with van der Waals surface area (Å²) in [5.41, 5.74) is -0.428. The zero-order valence-corrected chi connectivity index (χ0v) is 14.3. The lowest BCUT2D eigenvalue weighted by atomic mass is 9.91. The number of ether oxygens (including phenoxy) is 1. The predicted molar refractivity (Wildman–Crippen MR) is 88.2 cm³/mol. The number of amides is 2. The van der Waals surface area contributed by atoms with Crippen LogP contribution in [0.1, 0.15) is 33.6 Å². The second-order valence-corrected chi connectivity index (χ2v) is 6.88. The molecule has 1 fully saturated rings. The van der Waals surface area contributed by atoms with Crippen molar-refractivity contribution < 1.29 is 14.3 Å². The van der Waals surface area contributed by atoms with Crippen molar-refractivity contribution in [2.75, 3.05) is 25.5 Å². The molecule has 0 saturated carbocycles. The Morgan fingerprint density at radius 3 is 2.78 bits per heavy atom. The number of pyridine rings is 1. The zero-order chi connectivity index (χ0) is 17.0. The largest absolute Gasteiger partial charge is 0.493 e. The first kappa shape index (κ1) is 17.2. The number of carbonyl (C=O) groups excluding carboxylic acids is 2. The first-order valence-electron chi connectivity index (χ1n) is 7.92. The third-order valence-electron chi connectivity index (χ3n) is 3.95. The number of hydrogen-bond donors (Lipinski definition) is 1. The summed E-state index contributed by atoms with van der Waals surface area (Å²) in [4.78, 5) is 30.9. The maximum atomic E-state index is 12.5. The van der Waals surface area contributed by atoms with Gasteiger partial charge in [0, 0.05) is 24.7 Å². The molecule has 0 radical (unpaired) electrons. The molecular weight excluding hydrogens is 294 g/mol. The number of nitrogens with zero attached hydrogens (tertiary/aromatic N) is 2. The Morgan fingerprint density at radius 1 is 1.39 bits per heavy atom. The fourth-order valence-electron chi connectivity index (χ4n) is 2.72. The van der Waals surface area contributed by atoms with E-state index in [0.29, 0.717) is 24.7 Å². The fourth-order valence-corrected chi connectivity index (χ4v) is 2.72. The molecule has 2 rings (SSSR count). The molecule has 0 aromatic carbocycles. The van der Waals surface area contributed by atoms with Gasteiger partial charge in [0.2, 0.25) is 11.8 Å². The van der Waals surface area contributed by atoms with Crippen LogP contribution < -0.4 is 10.1 Å². The highest BCUT2D eigenvalue weighted by atomic mass is 16.5. The number of piperidine rings is 1. The lowest BCUT2D eigenvalue weighted by Crippen LogP contribution is -2.47. The highest BCUT2D eigenvalue weighted by molar-refractivity contribution is 5.93. The second-order valence-electron chi connectivity index (χ2n) is 6.88. The number of hydrogen-bond acceptors (Lipinski definition) is 4. The van der Waals surface area contributed by atoms with Gasteiger partial charge in [-0.25, -0.2) is 4.98 Å². The molecule has 1 N–H and O–H groups in total. The summed E-state index contributed by atoms with van der Waals surface area (Å²) in [5, 5.41) is 2.82. The number of nitrogens with one attached hydrogen (secondary N) is 1. The van der Waals surface area contributed by atoms with Crippen LogP contribution in [-0.2, 0) is 9.59 Å². The van der Waals surface area contributed by atoms with Crippen LogP contribution in [-0.4, -0.2) is 41.9 Å². The van der Waals surface area contributed by atoms with E-state index in [0.717, 1.165) is 12.8 Å². The predicted octanol–water partition coefficient (Wildman–Crippen LogP) is 2.31. The smallest absolute Gasteiger partial charge is 0.230 e. The summed E-state index contributed by atoms with van der Waals surface area (Å²) in [7, 11) is 1.54. The number of rotatable bonds is 3. The molecular formula is C17H25N3O3. The minimum atomic E-state index is -0.428. The van der Waals surface area contributed by atoms with E-state index in [2.05, 4.69) is 10.3 Å². The molecule has 0 bridgehead atoms. The van der Waals surface area contributed by atoms with E-state index in [-0.39, 0.29) is 17.7 Å². The Labute approximate surface area is 137 Å². The average molecular weight is 319 g/mol. The van der Waals surface area contributed by atoms with Crippen molar-refractivity contribution in [2.24, 2.45) is 11.3 Å². The minimum absolute atomic E-state index is 0.0883. The van der Waals surface area contributed by atoms with Crippen molar-refractivity contribution in [3.8, 4) is 5.75 Å². The van der Waals surface area contributed by atoms with Crippen LogP contribution in [0.5, 0.6) is 5.75 Å². The molecule has 126 valence electrons. The lowest BCUT2D eigenvalue weighted by Gasteiger charge is -2.35. The van der Waals surface area contributed by atoms with Gasteiger partial charge in [-0.3, -0.25) is 9.59 Å². The molecule has 2 amide bonds. The van der Waals surface area contributed by atoms with Gasteiger partial charge in [0.25, 0.3) is 0 Å². The highest BCUT2D eigenvalue weighted by Gasteiger charge is 2.33.